The summed E-state index contributed by atoms with van der Waals surface area (Å²) in [7, 11) is -3.59. The predicted octanol–water partition coefficient (Wildman–Crippen LogP) is 2.75. The molecular weight excluding hydrogens is 296 g/mol. The van der Waals surface area contributed by atoms with E-state index in [2.05, 4.69) is 0 Å². The lowest BCUT2D eigenvalue weighted by molar-refractivity contribution is 0.369. The van der Waals surface area contributed by atoms with E-state index < -0.39 is 10.0 Å². The van der Waals surface area contributed by atoms with Crippen molar-refractivity contribution in [2.45, 2.75) is 24.1 Å². The minimum absolute atomic E-state index is 0.133. The molecule has 7 heteroatoms. The molecule has 0 aliphatic heterocycles. The SMILES string of the molecule is Cc1ccc(S(=O)(=O)N(CCC#N)Cc2ccco2)s1. The topological polar surface area (TPSA) is 74.3 Å². The minimum atomic E-state index is -3.59. The number of nitrogens with zero attached hydrogens (tertiary/aromatic N) is 2. The zero-order valence-electron chi connectivity index (χ0n) is 10.9. The van der Waals surface area contributed by atoms with Crippen LogP contribution in [0.2, 0.25) is 0 Å². The van der Waals surface area contributed by atoms with E-state index in [0.29, 0.717) is 9.97 Å². The van der Waals surface area contributed by atoms with Crippen molar-refractivity contribution < 1.29 is 12.8 Å². The number of furan rings is 1. The Morgan fingerprint density at radius 1 is 1.40 bits per heavy atom. The zero-order chi connectivity index (χ0) is 14.6. The molecule has 0 N–H and O–H groups in total. The highest BCUT2D eigenvalue weighted by Gasteiger charge is 2.26. The average Bonchev–Trinajstić information content (AvgIpc) is 3.05. The maximum atomic E-state index is 12.6. The van der Waals surface area contributed by atoms with Gasteiger partial charge in [0.2, 0.25) is 0 Å². The Labute approximate surface area is 122 Å². The summed E-state index contributed by atoms with van der Waals surface area (Å²) in [5.74, 6) is 0.555. The molecule has 0 aliphatic carbocycles. The molecule has 20 heavy (non-hydrogen) atoms. The third kappa shape index (κ3) is 3.28. The molecule has 0 saturated carbocycles. The van der Waals surface area contributed by atoms with Crippen LogP contribution in [0, 0.1) is 18.3 Å². The van der Waals surface area contributed by atoms with Crippen LogP contribution in [0.1, 0.15) is 17.1 Å². The van der Waals surface area contributed by atoms with Crippen LogP contribution < -0.4 is 0 Å². The molecule has 2 heterocycles. The van der Waals surface area contributed by atoms with Gasteiger partial charge in [-0.2, -0.15) is 9.57 Å². The number of hydrogen-bond acceptors (Lipinski definition) is 5. The third-order valence-corrected chi connectivity index (χ3v) is 6.01. The first-order chi connectivity index (χ1) is 9.54. The summed E-state index contributed by atoms with van der Waals surface area (Å²) in [6.45, 7) is 2.14. The van der Waals surface area contributed by atoms with Crippen LogP contribution in [0.15, 0.2) is 39.2 Å². The van der Waals surface area contributed by atoms with Gasteiger partial charge in [-0.15, -0.1) is 11.3 Å². The Balaban J connectivity index is 2.27. The summed E-state index contributed by atoms with van der Waals surface area (Å²) < 4.78 is 31.9. The number of hydrogen-bond donors (Lipinski definition) is 0. The lowest BCUT2D eigenvalue weighted by Gasteiger charge is -2.18. The van der Waals surface area contributed by atoms with Crippen molar-refractivity contribution in [1.82, 2.24) is 4.31 Å². The number of aryl methyl sites for hydroxylation is 1. The maximum absolute atomic E-state index is 12.6. The molecular formula is C13H14N2O3S2. The van der Waals surface area contributed by atoms with Crippen LogP contribution in [-0.4, -0.2) is 19.3 Å². The Kier molecular flexibility index (Phi) is 4.60. The van der Waals surface area contributed by atoms with E-state index in [4.69, 9.17) is 9.68 Å². The van der Waals surface area contributed by atoms with Crippen molar-refractivity contribution in [2.75, 3.05) is 6.54 Å². The van der Waals surface area contributed by atoms with Gasteiger partial charge in [0.25, 0.3) is 10.0 Å². The lowest BCUT2D eigenvalue weighted by atomic mass is 10.4. The van der Waals surface area contributed by atoms with Crippen molar-refractivity contribution in [3.8, 4) is 6.07 Å². The molecule has 0 bridgehead atoms. The largest absolute Gasteiger partial charge is 0.468 e. The van der Waals surface area contributed by atoms with Gasteiger partial charge in [0, 0.05) is 17.8 Å². The lowest BCUT2D eigenvalue weighted by Crippen LogP contribution is -2.30. The van der Waals surface area contributed by atoms with E-state index in [-0.39, 0.29) is 19.5 Å². The molecule has 2 rings (SSSR count). The summed E-state index contributed by atoms with van der Waals surface area (Å²) in [4.78, 5) is 0.932. The van der Waals surface area contributed by atoms with Gasteiger partial charge in [0.1, 0.15) is 9.97 Å². The second-order valence-electron chi connectivity index (χ2n) is 4.19. The molecule has 106 valence electrons. The zero-order valence-corrected chi connectivity index (χ0v) is 12.6. The normalized spacial score (nSPS) is 11.7. The van der Waals surface area contributed by atoms with E-state index in [0.717, 1.165) is 4.88 Å². The highest BCUT2D eigenvalue weighted by atomic mass is 32.2. The van der Waals surface area contributed by atoms with Crippen molar-refractivity contribution in [3.63, 3.8) is 0 Å². The van der Waals surface area contributed by atoms with Crippen LogP contribution >= 0.6 is 11.3 Å². The highest BCUT2D eigenvalue weighted by molar-refractivity contribution is 7.91. The first kappa shape index (κ1) is 14.8. The van der Waals surface area contributed by atoms with Gasteiger partial charge in [-0.1, -0.05) is 0 Å². The second-order valence-corrected chi connectivity index (χ2v) is 7.64. The van der Waals surface area contributed by atoms with E-state index in [9.17, 15) is 8.42 Å². The summed E-state index contributed by atoms with van der Waals surface area (Å²) in [6, 6.07) is 8.76. The van der Waals surface area contributed by atoms with Gasteiger partial charge >= 0.3 is 0 Å². The molecule has 0 unspecified atom stereocenters. The first-order valence-corrected chi connectivity index (χ1v) is 8.25. The van der Waals surface area contributed by atoms with Gasteiger partial charge in [0.05, 0.1) is 18.9 Å². The van der Waals surface area contributed by atoms with Crippen molar-refractivity contribution in [3.05, 3.63) is 41.2 Å². The van der Waals surface area contributed by atoms with Crippen LogP contribution in [0.4, 0.5) is 0 Å². The smallest absolute Gasteiger partial charge is 0.253 e. The van der Waals surface area contributed by atoms with Gasteiger partial charge in [-0.25, -0.2) is 8.42 Å². The molecule has 0 spiro atoms. The van der Waals surface area contributed by atoms with Gasteiger partial charge in [-0.05, 0) is 31.2 Å². The fraction of sp³-hybridized carbons (Fsp3) is 0.308. The second kappa shape index (κ2) is 6.22. The first-order valence-electron chi connectivity index (χ1n) is 6.00. The Bertz CT molecular complexity index is 696. The molecule has 0 radical (unpaired) electrons. The molecule has 0 aliphatic rings. The molecule has 0 amide bonds. The Hall–Kier alpha value is -1.62. The van der Waals surface area contributed by atoms with Gasteiger partial charge in [-0.3, -0.25) is 0 Å². The van der Waals surface area contributed by atoms with Crippen LogP contribution in [-0.2, 0) is 16.6 Å². The average molecular weight is 310 g/mol. The van der Waals surface area contributed by atoms with Crippen molar-refractivity contribution in [2.24, 2.45) is 0 Å². The van der Waals surface area contributed by atoms with E-state index in [1.165, 1.54) is 21.9 Å². The molecule has 0 atom stereocenters. The molecule has 0 fully saturated rings. The molecule has 0 saturated heterocycles. The maximum Gasteiger partial charge on any atom is 0.253 e. The van der Waals surface area contributed by atoms with Crippen molar-refractivity contribution in [1.29, 1.82) is 5.26 Å². The standard InChI is InChI=1S/C13H14N2O3S2/c1-11-5-6-13(19-11)20(16,17)15(8-3-7-14)10-12-4-2-9-18-12/h2,4-6,9H,3,8,10H2,1H3. The summed E-state index contributed by atoms with van der Waals surface area (Å²) in [5, 5.41) is 8.69. The van der Waals surface area contributed by atoms with Gasteiger partial charge < -0.3 is 4.42 Å². The molecule has 2 aromatic rings. The third-order valence-electron chi connectivity index (χ3n) is 2.70. The number of rotatable bonds is 6. The highest BCUT2D eigenvalue weighted by Crippen LogP contribution is 2.25. The van der Waals surface area contributed by atoms with Gasteiger partial charge in [0.15, 0.2) is 0 Å². The van der Waals surface area contributed by atoms with Crippen molar-refractivity contribution >= 4 is 21.4 Å². The fourth-order valence-electron chi connectivity index (χ4n) is 1.71. The number of nitriles is 1. The summed E-state index contributed by atoms with van der Waals surface area (Å²) >= 11 is 1.23. The quantitative estimate of drug-likeness (QED) is 0.822. The predicted molar refractivity (Wildman–Crippen MR) is 75.6 cm³/mol. The summed E-state index contributed by atoms with van der Waals surface area (Å²) in [6.07, 6.45) is 1.64. The van der Waals surface area contributed by atoms with E-state index >= 15 is 0 Å². The summed E-state index contributed by atoms with van der Waals surface area (Å²) in [5.41, 5.74) is 0. The molecule has 0 aromatic carbocycles. The Morgan fingerprint density at radius 2 is 2.20 bits per heavy atom. The van der Waals surface area contributed by atoms with Crippen LogP contribution in [0.5, 0.6) is 0 Å². The van der Waals surface area contributed by atoms with Crippen LogP contribution in [0.25, 0.3) is 0 Å². The number of thiophene rings is 1. The minimum Gasteiger partial charge on any atom is -0.468 e. The fourth-order valence-corrected chi connectivity index (χ4v) is 4.56. The van der Waals surface area contributed by atoms with E-state index in [1.807, 2.05) is 13.0 Å². The number of sulfonamides is 1. The van der Waals surface area contributed by atoms with E-state index in [1.54, 1.807) is 24.3 Å². The monoisotopic (exact) mass is 310 g/mol. The molecule has 5 nitrogen and oxygen atoms in total. The van der Waals surface area contributed by atoms with Crippen LogP contribution in [0.3, 0.4) is 0 Å². The Morgan fingerprint density at radius 3 is 2.75 bits per heavy atom. The molecule has 2 aromatic heterocycles.